The number of benzene rings is 1. The van der Waals surface area contributed by atoms with Gasteiger partial charge in [0.15, 0.2) is 0 Å². The van der Waals surface area contributed by atoms with Gasteiger partial charge >= 0.3 is 5.97 Å². The molecule has 1 aliphatic rings. The number of pyridine rings is 1. The lowest BCUT2D eigenvalue weighted by Crippen LogP contribution is -2.15. The van der Waals surface area contributed by atoms with Crippen molar-refractivity contribution in [2.24, 2.45) is 0 Å². The third-order valence-electron chi connectivity index (χ3n) is 6.51. The van der Waals surface area contributed by atoms with E-state index >= 15 is 0 Å². The van der Waals surface area contributed by atoms with E-state index in [4.69, 9.17) is 4.74 Å². The normalized spacial score (nSPS) is 13.0. The van der Waals surface area contributed by atoms with Crippen molar-refractivity contribution in [3.05, 3.63) is 76.1 Å². The first-order chi connectivity index (χ1) is 16.5. The fourth-order valence-electron chi connectivity index (χ4n) is 4.75. The van der Waals surface area contributed by atoms with E-state index in [-0.39, 0.29) is 12.3 Å². The van der Waals surface area contributed by atoms with Crippen molar-refractivity contribution in [1.29, 1.82) is 0 Å². The van der Waals surface area contributed by atoms with Gasteiger partial charge in [-0.2, -0.15) is 0 Å². The minimum absolute atomic E-state index is 0.144. The Hall–Kier alpha value is -3.45. The predicted molar refractivity (Wildman–Crippen MR) is 135 cm³/mol. The molecular formula is C27H27N3O3S. The highest BCUT2D eigenvalue weighted by Crippen LogP contribution is 2.38. The maximum absolute atomic E-state index is 12.9. The molecule has 0 bridgehead atoms. The first-order valence-corrected chi connectivity index (χ1v) is 12.5. The number of fused-ring (bicyclic) bond motifs is 2. The van der Waals surface area contributed by atoms with Gasteiger partial charge in [0, 0.05) is 29.3 Å². The van der Waals surface area contributed by atoms with Gasteiger partial charge in [0.2, 0.25) is 5.91 Å². The Morgan fingerprint density at radius 2 is 1.97 bits per heavy atom. The smallest absolute Gasteiger partial charge is 0.341 e. The average Bonchev–Trinajstić information content (AvgIpc) is 3.42. The van der Waals surface area contributed by atoms with Gasteiger partial charge in [-0.05, 0) is 67.9 Å². The van der Waals surface area contributed by atoms with Gasteiger partial charge in [-0.25, -0.2) is 9.78 Å². The van der Waals surface area contributed by atoms with Crippen LogP contribution < -0.4 is 5.32 Å². The van der Waals surface area contributed by atoms with E-state index in [2.05, 4.69) is 28.5 Å². The molecule has 6 nitrogen and oxygen atoms in total. The summed E-state index contributed by atoms with van der Waals surface area (Å²) in [6.45, 7) is 1.96. The second kappa shape index (κ2) is 9.43. The van der Waals surface area contributed by atoms with Crippen LogP contribution in [0, 0.1) is 6.92 Å². The molecule has 5 rings (SSSR count). The third-order valence-corrected chi connectivity index (χ3v) is 7.41. The fraction of sp³-hybridized carbons (Fsp3) is 0.296. The summed E-state index contributed by atoms with van der Waals surface area (Å²) >= 11 is 1.36. The Balaban J connectivity index is 1.37. The summed E-state index contributed by atoms with van der Waals surface area (Å²) in [5.74, 6) is -0.587. The standard InChI is InChI=1S/C27H27N3O3S/c1-17-22(30-14-6-5-9-23(30)28-17)12-13-24(31)29-26-25(27(32)33-2)21(16-34-26)20-11-10-18-7-3-4-8-19(18)15-20/h5-6,9-11,14-16H,3-4,7-8,12-13H2,1-2H3,(H,29,31). The van der Waals surface area contributed by atoms with Crippen LogP contribution in [0.25, 0.3) is 16.8 Å². The molecule has 174 valence electrons. The number of ether oxygens (including phenoxy) is 1. The number of nitrogens with zero attached hydrogens (tertiary/aromatic N) is 2. The van der Waals surface area contributed by atoms with Gasteiger partial charge in [-0.15, -0.1) is 11.3 Å². The van der Waals surface area contributed by atoms with E-state index in [0.29, 0.717) is 17.0 Å². The van der Waals surface area contributed by atoms with Gasteiger partial charge in [-0.3, -0.25) is 4.79 Å². The molecule has 1 aromatic carbocycles. The summed E-state index contributed by atoms with van der Waals surface area (Å²) in [6, 6.07) is 12.3. The Morgan fingerprint density at radius 3 is 2.79 bits per heavy atom. The fourth-order valence-corrected chi connectivity index (χ4v) is 5.73. The van der Waals surface area contributed by atoms with E-state index in [1.54, 1.807) is 0 Å². The topological polar surface area (TPSA) is 72.7 Å². The quantitative estimate of drug-likeness (QED) is 0.370. The second-order valence-corrected chi connectivity index (χ2v) is 9.54. The molecule has 0 unspecified atom stereocenters. The van der Waals surface area contributed by atoms with Gasteiger partial charge in [0.1, 0.15) is 16.2 Å². The molecule has 0 spiro atoms. The SMILES string of the molecule is COC(=O)c1c(-c2ccc3c(c2)CCCC3)csc1NC(=O)CCc1c(C)nc2ccccn12. The first kappa shape index (κ1) is 22.3. The minimum Gasteiger partial charge on any atom is -0.465 e. The van der Waals surface area contributed by atoms with Crippen molar-refractivity contribution in [3.8, 4) is 11.1 Å². The number of hydrogen-bond acceptors (Lipinski definition) is 5. The Bertz CT molecular complexity index is 1390. The van der Waals surface area contributed by atoms with Crippen LogP contribution in [0.1, 0.15) is 52.1 Å². The van der Waals surface area contributed by atoms with Crippen molar-refractivity contribution in [2.45, 2.75) is 45.4 Å². The number of aryl methyl sites for hydroxylation is 4. The van der Waals surface area contributed by atoms with Crippen LogP contribution in [0.4, 0.5) is 5.00 Å². The van der Waals surface area contributed by atoms with E-state index in [9.17, 15) is 9.59 Å². The number of nitrogens with one attached hydrogen (secondary N) is 1. The summed E-state index contributed by atoms with van der Waals surface area (Å²) in [5.41, 5.74) is 7.75. The molecule has 7 heteroatoms. The molecule has 1 amide bonds. The van der Waals surface area contributed by atoms with Gasteiger partial charge in [0.05, 0.1) is 12.8 Å². The van der Waals surface area contributed by atoms with Crippen molar-refractivity contribution < 1.29 is 14.3 Å². The lowest BCUT2D eigenvalue weighted by Gasteiger charge is -2.16. The Kier molecular flexibility index (Phi) is 6.20. The second-order valence-electron chi connectivity index (χ2n) is 8.66. The molecule has 0 aliphatic heterocycles. The summed E-state index contributed by atoms with van der Waals surface area (Å²) in [7, 11) is 1.37. The number of esters is 1. The van der Waals surface area contributed by atoms with Crippen LogP contribution in [0.3, 0.4) is 0 Å². The van der Waals surface area contributed by atoms with E-state index in [0.717, 1.165) is 41.0 Å². The molecule has 34 heavy (non-hydrogen) atoms. The molecule has 1 N–H and O–H groups in total. The molecule has 0 saturated carbocycles. The van der Waals surface area contributed by atoms with E-state index in [1.165, 1.54) is 42.4 Å². The van der Waals surface area contributed by atoms with Crippen molar-refractivity contribution >= 4 is 33.9 Å². The monoisotopic (exact) mass is 473 g/mol. The lowest BCUT2D eigenvalue weighted by atomic mass is 9.89. The zero-order valence-electron chi connectivity index (χ0n) is 19.4. The predicted octanol–water partition coefficient (Wildman–Crippen LogP) is 5.61. The molecule has 4 aromatic rings. The van der Waals surface area contributed by atoms with Crippen LogP contribution >= 0.6 is 11.3 Å². The summed E-state index contributed by atoms with van der Waals surface area (Å²) in [5, 5.41) is 5.42. The van der Waals surface area contributed by atoms with E-state index in [1.807, 2.05) is 41.1 Å². The largest absolute Gasteiger partial charge is 0.465 e. The lowest BCUT2D eigenvalue weighted by molar-refractivity contribution is -0.116. The number of amides is 1. The maximum Gasteiger partial charge on any atom is 0.341 e. The Morgan fingerprint density at radius 1 is 1.15 bits per heavy atom. The van der Waals surface area contributed by atoms with Gasteiger partial charge in [0.25, 0.3) is 0 Å². The molecule has 0 radical (unpaired) electrons. The maximum atomic E-state index is 12.9. The number of methoxy groups -OCH3 is 1. The number of anilines is 1. The summed E-state index contributed by atoms with van der Waals surface area (Å²) < 4.78 is 7.09. The van der Waals surface area contributed by atoms with Crippen LogP contribution in [-0.2, 0) is 28.8 Å². The van der Waals surface area contributed by atoms with Crippen LogP contribution in [0.15, 0.2) is 48.0 Å². The van der Waals surface area contributed by atoms with E-state index < -0.39 is 5.97 Å². The van der Waals surface area contributed by atoms with Crippen molar-refractivity contribution in [1.82, 2.24) is 9.38 Å². The first-order valence-electron chi connectivity index (χ1n) is 11.6. The summed E-state index contributed by atoms with van der Waals surface area (Å²) in [6.07, 6.45) is 7.39. The number of aromatic nitrogens is 2. The number of rotatable bonds is 6. The zero-order chi connectivity index (χ0) is 23.7. The molecular weight excluding hydrogens is 446 g/mol. The highest BCUT2D eigenvalue weighted by molar-refractivity contribution is 7.15. The van der Waals surface area contributed by atoms with Gasteiger partial charge in [-0.1, -0.05) is 24.3 Å². The zero-order valence-corrected chi connectivity index (χ0v) is 20.2. The number of thiophene rings is 1. The molecule has 0 saturated heterocycles. The van der Waals surface area contributed by atoms with Crippen LogP contribution in [0.5, 0.6) is 0 Å². The number of hydrogen-bond donors (Lipinski definition) is 1. The average molecular weight is 474 g/mol. The number of carbonyl (C=O) groups excluding carboxylic acids is 2. The minimum atomic E-state index is -0.443. The molecule has 1 aliphatic carbocycles. The summed E-state index contributed by atoms with van der Waals surface area (Å²) in [4.78, 5) is 30.1. The third kappa shape index (κ3) is 4.23. The molecule has 3 heterocycles. The number of imidazole rings is 1. The highest BCUT2D eigenvalue weighted by Gasteiger charge is 2.23. The van der Waals surface area contributed by atoms with Crippen LogP contribution in [0.2, 0.25) is 0 Å². The highest BCUT2D eigenvalue weighted by atomic mass is 32.1. The van der Waals surface area contributed by atoms with Crippen molar-refractivity contribution in [3.63, 3.8) is 0 Å². The molecule has 0 atom stereocenters. The Labute approximate surface area is 202 Å². The molecule has 3 aromatic heterocycles. The molecule has 0 fully saturated rings. The van der Waals surface area contributed by atoms with Crippen molar-refractivity contribution in [2.75, 3.05) is 12.4 Å². The number of carbonyl (C=O) groups is 2. The van der Waals surface area contributed by atoms with Crippen LogP contribution in [-0.4, -0.2) is 28.4 Å². The van der Waals surface area contributed by atoms with Gasteiger partial charge < -0.3 is 14.5 Å².